The quantitative estimate of drug-likeness (QED) is 0.640. The van der Waals surface area contributed by atoms with Crippen LogP contribution >= 0.6 is 0 Å². The van der Waals surface area contributed by atoms with Gasteiger partial charge in [0.1, 0.15) is 18.2 Å². The van der Waals surface area contributed by atoms with Gasteiger partial charge in [0.25, 0.3) is 5.91 Å². The highest BCUT2D eigenvalue weighted by molar-refractivity contribution is 5.95. The Hall–Kier alpha value is -3.00. The summed E-state index contributed by atoms with van der Waals surface area (Å²) in [4.78, 5) is 35.3. The Labute approximate surface area is 176 Å². The fourth-order valence-corrected chi connectivity index (χ4v) is 3.58. The van der Waals surface area contributed by atoms with E-state index in [1.165, 1.54) is 0 Å². The highest BCUT2D eigenvalue weighted by Gasteiger charge is 2.28. The summed E-state index contributed by atoms with van der Waals surface area (Å²) < 4.78 is 5.61. The van der Waals surface area contributed by atoms with Crippen LogP contribution in [0.5, 0.6) is 5.75 Å². The summed E-state index contributed by atoms with van der Waals surface area (Å²) in [5.74, 6) is 1.21. The van der Waals surface area contributed by atoms with Crippen molar-refractivity contribution in [1.82, 2.24) is 20.2 Å². The number of aryl methyl sites for hydroxylation is 1. The van der Waals surface area contributed by atoms with Crippen molar-refractivity contribution in [1.29, 1.82) is 0 Å². The fourth-order valence-electron chi connectivity index (χ4n) is 3.58. The number of ether oxygens (including phenoxy) is 1. The second-order valence-electron chi connectivity index (χ2n) is 7.26. The summed E-state index contributed by atoms with van der Waals surface area (Å²) in [5.41, 5.74) is 1.21. The van der Waals surface area contributed by atoms with Crippen molar-refractivity contribution in [2.24, 2.45) is 0 Å². The molecule has 0 saturated carbocycles. The van der Waals surface area contributed by atoms with Crippen molar-refractivity contribution >= 4 is 11.8 Å². The lowest BCUT2D eigenvalue weighted by molar-refractivity contribution is -0.132. The van der Waals surface area contributed by atoms with Crippen LogP contribution in [0.1, 0.15) is 47.1 Å². The van der Waals surface area contributed by atoms with Crippen LogP contribution < -0.4 is 10.1 Å². The van der Waals surface area contributed by atoms with E-state index >= 15 is 0 Å². The number of aliphatic hydroxyl groups is 1. The maximum atomic E-state index is 12.7. The molecule has 1 fully saturated rings. The average Bonchev–Trinajstić information content (AvgIpc) is 2.77. The van der Waals surface area contributed by atoms with Crippen LogP contribution in [0, 0.1) is 6.92 Å². The number of piperidine rings is 1. The topological polar surface area (TPSA) is 105 Å². The van der Waals surface area contributed by atoms with Gasteiger partial charge in [0.05, 0.1) is 24.4 Å². The molecule has 0 radical (unpaired) electrons. The molecule has 1 aliphatic heterocycles. The first kappa shape index (κ1) is 21.7. The van der Waals surface area contributed by atoms with Gasteiger partial charge in [0, 0.05) is 31.6 Å². The monoisotopic (exact) mass is 412 g/mol. The number of benzene rings is 1. The zero-order valence-electron chi connectivity index (χ0n) is 17.2. The number of nitrogens with one attached hydrogen (secondary N) is 1. The Morgan fingerprint density at radius 3 is 2.67 bits per heavy atom. The molecule has 1 aromatic carbocycles. The third kappa shape index (κ3) is 5.76. The predicted molar refractivity (Wildman–Crippen MR) is 111 cm³/mol. The average molecular weight is 412 g/mol. The lowest BCUT2D eigenvalue weighted by Gasteiger charge is -2.32. The summed E-state index contributed by atoms with van der Waals surface area (Å²) in [6.45, 7) is 3.59. The van der Waals surface area contributed by atoms with Gasteiger partial charge in [-0.25, -0.2) is 9.97 Å². The van der Waals surface area contributed by atoms with E-state index in [2.05, 4.69) is 15.3 Å². The lowest BCUT2D eigenvalue weighted by atomic mass is 9.90. The molecule has 0 atom stereocenters. The second kappa shape index (κ2) is 10.7. The molecule has 0 aliphatic carbocycles. The molecule has 0 unspecified atom stereocenters. The van der Waals surface area contributed by atoms with Crippen molar-refractivity contribution in [3.05, 3.63) is 53.6 Å². The molecule has 3 rings (SSSR count). The number of carbonyl (C=O) groups is 2. The lowest BCUT2D eigenvalue weighted by Crippen LogP contribution is -2.39. The summed E-state index contributed by atoms with van der Waals surface area (Å²) >= 11 is 0. The normalized spacial score (nSPS) is 14.4. The standard InChI is InChI=1S/C22H28N4O4/c1-16-24-15-19(22(29)23-10-14-30-18-5-3-2-4-6-18)21(25-16)17-7-11-26(12-8-17)20(28)9-13-27/h2-6,15,17,27H,7-14H2,1H3,(H,23,29). The van der Waals surface area contributed by atoms with Gasteiger partial charge in [-0.1, -0.05) is 18.2 Å². The van der Waals surface area contributed by atoms with Gasteiger partial charge in [-0.15, -0.1) is 0 Å². The minimum absolute atomic E-state index is 0.0359. The summed E-state index contributed by atoms with van der Waals surface area (Å²) in [6, 6.07) is 9.44. The summed E-state index contributed by atoms with van der Waals surface area (Å²) in [5, 5.41) is 11.8. The van der Waals surface area contributed by atoms with Gasteiger partial charge in [0.15, 0.2) is 0 Å². The number of aliphatic hydroxyl groups excluding tert-OH is 1. The number of amides is 2. The summed E-state index contributed by atoms with van der Waals surface area (Å²) in [7, 11) is 0. The van der Waals surface area contributed by atoms with Crippen molar-refractivity contribution in [3.8, 4) is 5.75 Å². The molecule has 1 aromatic heterocycles. The van der Waals surface area contributed by atoms with E-state index in [4.69, 9.17) is 9.84 Å². The number of hydrogen-bond donors (Lipinski definition) is 2. The molecule has 0 spiro atoms. The van der Waals surface area contributed by atoms with E-state index in [-0.39, 0.29) is 30.8 Å². The van der Waals surface area contributed by atoms with E-state index in [0.29, 0.717) is 37.6 Å². The second-order valence-corrected chi connectivity index (χ2v) is 7.26. The molecular weight excluding hydrogens is 384 g/mol. The van der Waals surface area contributed by atoms with Crippen molar-refractivity contribution in [3.63, 3.8) is 0 Å². The fraction of sp³-hybridized carbons (Fsp3) is 0.455. The highest BCUT2D eigenvalue weighted by atomic mass is 16.5. The van der Waals surface area contributed by atoms with Crippen LogP contribution in [0.3, 0.4) is 0 Å². The van der Waals surface area contributed by atoms with Gasteiger partial charge in [-0.2, -0.15) is 0 Å². The number of rotatable bonds is 8. The molecular formula is C22H28N4O4. The number of nitrogens with zero attached hydrogens (tertiary/aromatic N) is 3. The molecule has 1 saturated heterocycles. The zero-order chi connectivity index (χ0) is 21.3. The largest absolute Gasteiger partial charge is 0.492 e. The number of carbonyl (C=O) groups excluding carboxylic acids is 2. The first-order chi connectivity index (χ1) is 14.6. The van der Waals surface area contributed by atoms with E-state index in [1.807, 2.05) is 30.3 Å². The van der Waals surface area contributed by atoms with Gasteiger partial charge in [0.2, 0.25) is 5.91 Å². The van der Waals surface area contributed by atoms with Gasteiger partial charge < -0.3 is 20.1 Å². The van der Waals surface area contributed by atoms with Crippen molar-refractivity contribution in [2.45, 2.75) is 32.1 Å². The molecule has 8 heteroatoms. The number of hydrogen-bond acceptors (Lipinski definition) is 6. The van der Waals surface area contributed by atoms with Crippen LogP contribution in [0.15, 0.2) is 36.5 Å². The predicted octanol–water partition coefficient (Wildman–Crippen LogP) is 1.68. The third-order valence-electron chi connectivity index (χ3n) is 5.14. The molecule has 2 heterocycles. The molecule has 1 aliphatic rings. The van der Waals surface area contributed by atoms with Gasteiger partial charge in [-0.3, -0.25) is 9.59 Å². The molecule has 30 heavy (non-hydrogen) atoms. The molecule has 2 N–H and O–H groups in total. The minimum Gasteiger partial charge on any atom is -0.492 e. The Morgan fingerprint density at radius 2 is 1.97 bits per heavy atom. The zero-order valence-corrected chi connectivity index (χ0v) is 17.2. The highest BCUT2D eigenvalue weighted by Crippen LogP contribution is 2.29. The van der Waals surface area contributed by atoms with E-state index in [9.17, 15) is 9.59 Å². The SMILES string of the molecule is Cc1ncc(C(=O)NCCOc2ccccc2)c(C2CCN(C(=O)CCO)CC2)n1. The van der Waals surface area contributed by atoms with E-state index < -0.39 is 0 Å². The van der Waals surface area contributed by atoms with E-state index in [0.717, 1.165) is 24.3 Å². The van der Waals surface area contributed by atoms with Crippen LogP contribution in [0.4, 0.5) is 0 Å². The minimum atomic E-state index is -0.222. The van der Waals surface area contributed by atoms with Crippen molar-refractivity contribution < 1.29 is 19.4 Å². The van der Waals surface area contributed by atoms with Crippen LogP contribution in [-0.4, -0.2) is 64.6 Å². The first-order valence-corrected chi connectivity index (χ1v) is 10.3. The maximum absolute atomic E-state index is 12.7. The van der Waals surface area contributed by atoms with Crippen LogP contribution in [0.2, 0.25) is 0 Å². The summed E-state index contributed by atoms with van der Waals surface area (Å²) in [6.07, 6.45) is 3.18. The molecule has 0 bridgehead atoms. The number of para-hydroxylation sites is 1. The Morgan fingerprint density at radius 1 is 1.23 bits per heavy atom. The number of aromatic nitrogens is 2. The maximum Gasteiger partial charge on any atom is 0.254 e. The van der Waals surface area contributed by atoms with Crippen LogP contribution in [-0.2, 0) is 4.79 Å². The van der Waals surface area contributed by atoms with Gasteiger partial charge in [-0.05, 0) is 31.9 Å². The first-order valence-electron chi connectivity index (χ1n) is 10.3. The molecule has 8 nitrogen and oxygen atoms in total. The smallest absolute Gasteiger partial charge is 0.254 e. The number of likely N-dealkylation sites (tertiary alicyclic amines) is 1. The Kier molecular flexibility index (Phi) is 7.73. The Bertz CT molecular complexity index is 851. The van der Waals surface area contributed by atoms with Gasteiger partial charge >= 0.3 is 0 Å². The van der Waals surface area contributed by atoms with E-state index in [1.54, 1.807) is 18.0 Å². The molecule has 2 amide bonds. The Balaban J connectivity index is 1.58. The van der Waals surface area contributed by atoms with Crippen LogP contribution in [0.25, 0.3) is 0 Å². The van der Waals surface area contributed by atoms with Crippen molar-refractivity contribution in [2.75, 3.05) is 32.8 Å². The third-order valence-corrected chi connectivity index (χ3v) is 5.14. The molecule has 2 aromatic rings. The molecule has 160 valence electrons.